The molecular formula is C12H19N3OS. The molecule has 0 aliphatic carbocycles. The smallest absolute Gasteiger partial charge is 0.194 e. The molecule has 2 aromatic rings. The average Bonchev–Trinajstić information content (AvgIpc) is 2.86. The minimum absolute atomic E-state index is 0.406. The molecule has 0 spiro atoms. The highest BCUT2D eigenvalue weighted by molar-refractivity contribution is 7.15. The third-order valence-electron chi connectivity index (χ3n) is 2.98. The molecule has 0 amide bonds. The summed E-state index contributed by atoms with van der Waals surface area (Å²) in [5.41, 5.74) is 2.35. The number of ether oxygens (including phenoxy) is 1. The van der Waals surface area contributed by atoms with Crippen LogP contribution in [0.4, 0.5) is 0 Å². The molecular weight excluding hydrogens is 234 g/mol. The van der Waals surface area contributed by atoms with Gasteiger partial charge in [0.25, 0.3) is 0 Å². The number of imidazole rings is 1. The summed E-state index contributed by atoms with van der Waals surface area (Å²) in [5.74, 6) is 0. The topological polar surface area (TPSA) is 38.6 Å². The van der Waals surface area contributed by atoms with Gasteiger partial charge in [-0.25, -0.2) is 4.98 Å². The first kappa shape index (κ1) is 12.5. The molecule has 0 radical (unpaired) electrons. The van der Waals surface area contributed by atoms with Crippen LogP contribution in [0.1, 0.15) is 24.7 Å². The lowest BCUT2D eigenvalue weighted by atomic mass is 10.2. The van der Waals surface area contributed by atoms with Gasteiger partial charge < -0.3 is 10.1 Å². The van der Waals surface area contributed by atoms with E-state index in [1.807, 2.05) is 0 Å². The summed E-state index contributed by atoms with van der Waals surface area (Å²) in [6.07, 6.45) is 3.15. The molecule has 2 heterocycles. The normalized spacial score (nSPS) is 13.4. The van der Waals surface area contributed by atoms with Gasteiger partial charge in [-0.05, 0) is 13.3 Å². The number of hydrogen-bond donors (Lipinski definition) is 1. The SMILES string of the molecule is CCC(COC)NCc1c(C)nc2sccn12. The van der Waals surface area contributed by atoms with Gasteiger partial charge in [-0.3, -0.25) is 4.40 Å². The highest BCUT2D eigenvalue weighted by Crippen LogP contribution is 2.16. The van der Waals surface area contributed by atoms with E-state index >= 15 is 0 Å². The third kappa shape index (κ3) is 2.68. The molecule has 17 heavy (non-hydrogen) atoms. The van der Waals surface area contributed by atoms with Crippen molar-refractivity contribution < 1.29 is 4.74 Å². The van der Waals surface area contributed by atoms with Crippen molar-refractivity contribution in [1.29, 1.82) is 0 Å². The van der Waals surface area contributed by atoms with Crippen LogP contribution < -0.4 is 5.32 Å². The predicted octanol–water partition coefficient (Wildman–Crippen LogP) is 2.22. The fourth-order valence-electron chi connectivity index (χ4n) is 1.92. The Labute approximate surface area is 106 Å². The quantitative estimate of drug-likeness (QED) is 0.858. The highest BCUT2D eigenvalue weighted by Gasteiger charge is 2.11. The summed E-state index contributed by atoms with van der Waals surface area (Å²) in [5, 5.41) is 5.58. The molecule has 0 aromatic carbocycles. The summed E-state index contributed by atoms with van der Waals surface area (Å²) in [6.45, 7) is 5.82. The van der Waals surface area contributed by atoms with E-state index in [1.54, 1.807) is 18.4 Å². The van der Waals surface area contributed by atoms with E-state index in [9.17, 15) is 0 Å². The van der Waals surface area contributed by atoms with E-state index in [0.29, 0.717) is 6.04 Å². The molecule has 4 nitrogen and oxygen atoms in total. The van der Waals surface area contributed by atoms with Crippen LogP contribution in [0.15, 0.2) is 11.6 Å². The molecule has 0 saturated carbocycles. The number of thiazole rings is 1. The standard InChI is InChI=1S/C12H19N3OS/c1-4-10(8-16-3)13-7-11-9(2)14-12-15(11)5-6-17-12/h5-6,10,13H,4,7-8H2,1-3H3. The third-order valence-corrected chi connectivity index (χ3v) is 3.74. The summed E-state index contributed by atoms with van der Waals surface area (Å²) < 4.78 is 7.34. The average molecular weight is 253 g/mol. The molecule has 2 aromatic heterocycles. The zero-order valence-corrected chi connectivity index (χ0v) is 11.4. The van der Waals surface area contributed by atoms with Crippen molar-refractivity contribution >= 4 is 16.3 Å². The van der Waals surface area contributed by atoms with E-state index < -0.39 is 0 Å². The van der Waals surface area contributed by atoms with Gasteiger partial charge in [-0.2, -0.15) is 0 Å². The molecule has 1 atom stereocenters. The molecule has 0 fully saturated rings. The first-order valence-corrected chi connectivity index (χ1v) is 6.77. The molecule has 5 heteroatoms. The monoisotopic (exact) mass is 253 g/mol. The van der Waals surface area contributed by atoms with Crippen LogP contribution in [0.5, 0.6) is 0 Å². The summed E-state index contributed by atoms with van der Waals surface area (Å²) in [6, 6.07) is 0.406. The molecule has 0 saturated heterocycles. The lowest BCUT2D eigenvalue weighted by Gasteiger charge is -2.15. The van der Waals surface area contributed by atoms with Crippen molar-refractivity contribution in [3.05, 3.63) is 23.0 Å². The fraction of sp³-hybridized carbons (Fsp3) is 0.583. The number of aromatic nitrogens is 2. The molecule has 94 valence electrons. The van der Waals surface area contributed by atoms with Gasteiger partial charge in [-0.1, -0.05) is 6.92 Å². The van der Waals surface area contributed by atoms with Crippen molar-refractivity contribution in [2.75, 3.05) is 13.7 Å². The zero-order valence-electron chi connectivity index (χ0n) is 10.6. The van der Waals surface area contributed by atoms with Crippen molar-refractivity contribution in [2.45, 2.75) is 32.9 Å². The maximum Gasteiger partial charge on any atom is 0.194 e. The Morgan fingerprint density at radius 2 is 2.41 bits per heavy atom. The predicted molar refractivity (Wildman–Crippen MR) is 70.6 cm³/mol. The first-order chi connectivity index (χ1) is 8.26. The van der Waals surface area contributed by atoms with Crippen LogP contribution in [0.3, 0.4) is 0 Å². The van der Waals surface area contributed by atoms with Gasteiger partial charge >= 0.3 is 0 Å². The Hall–Kier alpha value is -0.910. The van der Waals surface area contributed by atoms with Gasteiger partial charge in [0.2, 0.25) is 0 Å². The van der Waals surface area contributed by atoms with Gasteiger partial charge in [0.05, 0.1) is 18.0 Å². The van der Waals surface area contributed by atoms with Crippen molar-refractivity contribution in [1.82, 2.24) is 14.7 Å². The maximum atomic E-state index is 5.18. The Balaban J connectivity index is 2.07. The minimum Gasteiger partial charge on any atom is -0.383 e. The van der Waals surface area contributed by atoms with E-state index in [-0.39, 0.29) is 0 Å². The molecule has 2 rings (SSSR count). The maximum absolute atomic E-state index is 5.18. The highest BCUT2D eigenvalue weighted by atomic mass is 32.1. The van der Waals surface area contributed by atoms with Crippen LogP contribution in [-0.4, -0.2) is 29.1 Å². The van der Waals surface area contributed by atoms with Gasteiger partial charge in [0.15, 0.2) is 4.96 Å². The number of aryl methyl sites for hydroxylation is 1. The van der Waals surface area contributed by atoms with Gasteiger partial charge in [0, 0.05) is 31.3 Å². The summed E-state index contributed by atoms with van der Waals surface area (Å²) >= 11 is 1.67. The van der Waals surface area contributed by atoms with Crippen molar-refractivity contribution in [3.63, 3.8) is 0 Å². The fourth-order valence-corrected chi connectivity index (χ4v) is 2.70. The molecule has 1 N–H and O–H groups in total. The van der Waals surface area contributed by atoms with E-state index in [2.05, 4.69) is 40.1 Å². The van der Waals surface area contributed by atoms with E-state index in [4.69, 9.17) is 4.74 Å². The Bertz CT molecular complexity index is 477. The Kier molecular flexibility index (Phi) is 4.15. The molecule has 1 unspecified atom stereocenters. The van der Waals surface area contributed by atoms with Crippen molar-refractivity contribution in [3.8, 4) is 0 Å². The lowest BCUT2D eigenvalue weighted by molar-refractivity contribution is 0.163. The van der Waals surface area contributed by atoms with Crippen LogP contribution >= 0.6 is 11.3 Å². The number of rotatable bonds is 6. The van der Waals surface area contributed by atoms with Gasteiger partial charge in [-0.15, -0.1) is 11.3 Å². The van der Waals surface area contributed by atoms with E-state index in [1.165, 1.54) is 5.69 Å². The second-order valence-corrected chi connectivity index (χ2v) is 5.01. The molecule has 0 aliphatic heterocycles. The second kappa shape index (κ2) is 5.62. The number of nitrogens with zero attached hydrogens (tertiary/aromatic N) is 2. The van der Waals surface area contributed by atoms with Crippen LogP contribution in [-0.2, 0) is 11.3 Å². The zero-order chi connectivity index (χ0) is 12.3. The van der Waals surface area contributed by atoms with Gasteiger partial charge in [0.1, 0.15) is 0 Å². The lowest BCUT2D eigenvalue weighted by Crippen LogP contribution is -2.32. The summed E-state index contributed by atoms with van der Waals surface area (Å²) in [7, 11) is 1.74. The van der Waals surface area contributed by atoms with Crippen LogP contribution in [0.25, 0.3) is 4.96 Å². The largest absolute Gasteiger partial charge is 0.383 e. The van der Waals surface area contributed by atoms with Crippen LogP contribution in [0, 0.1) is 6.92 Å². The Morgan fingerprint density at radius 3 is 3.12 bits per heavy atom. The molecule has 0 bridgehead atoms. The van der Waals surface area contributed by atoms with Crippen LogP contribution in [0.2, 0.25) is 0 Å². The number of nitrogens with one attached hydrogen (secondary N) is 1. The molecule has 0 aliphatic rings. The van der Waals surface area contributed by atoms with E-state index in [0.717, 1.165) is 30.2 Å². The Morgan fingerprint density at radius 1 is 1.59 bits per heavy atom. The minimum atomic E-state index is 0.406. The first-order valence-electron chi connectivity index (χ1n) is 5.89. The van der Waals surface area contributed by atoms with Crippen molar-refractivity contribution in [2.24, 2.45) is 0 Å². The second-order valence-electron chi connectivity index (χ2n) is 4.14. The summed E-state index contributed by atoms with van der Waals surface area (Å²) in [4.78, 5) is 5.60. The number of hydrogen-bond acceptors (Lipinski definition) is 4. The number of fused-ring (bicyclic) bond motifs is 1. The number of methoxy groups -OCH3 is 1.